The Hall–Kier alpha value is -1.79. The van der Waals surface area contributed by atoms with Gasteiger partial charge >= 0.3 is 12.0 Å². The Balaban J connectivity index is 2.49. The van der Waals surface area contributed by atoms with E-state index in [1.165, 1.54) is 4.90 Å². The van der Waals surface area contributed by atoms with Crippen LogP contribution in [0.3, 0.4) is 0 Å². The predicted molar refractivity (Wildman–Crippen MR) is 68.3 cm³/mol. The number of urea groups is 1. The first-order valence-corrected chi connectivity index (χ1v) is 6.37. The molecule has 0 bridgehead atoms. The monoisotopic (exact) mass is 271 g/mol. The van der Waals surface area contributed by atoms with Crippen LogP contribution in [0.25, 0.3) is 0 Å². The Labute approximate surface area is 112 Å². The third kappa shape index (κ3) is 4.76. The van der Waals surface area contributed by atoms with Gasteiger partial charge in [-0.2, -0.15) is 0 Å². The number of hydrogen-bond acceptors (Lipinski definition) is 3. The minimum atomic E-state index is -1.16. The van der Waals surface area contributed by atoms with Crippen LogP contribution in [0, 0.1) is 5.92 Å². The zero-order valence-corrected chi connectivity index (χ0v) is 11.3. The first kappa shape index (κ1) is 15.3. The summed E-state index contributed by atoms with van der Waals surface area (Å²) in [5.74, 6) is -1.24. The van der Waals surface area contributed by atoms with Gasteiger partial charge in [-0.25, -0.2) is 9.59 Å². The largest absolute Gasteiger partial charge is 0.480 e. The highest BCUT2D eigenvalue weighted by Crippen LogP contribution is 2.34. The fourth-order valence-electron chi connectivity index (χ4n) is 1.87. The topological polar surface area (TPSA) is 113 Å². The molecule has 1 fully saturated rings. The van der Waals surface area contributed by atoms with Gasteiger partial charge in [-0.1, -0.05) is 0 Å². The van der Waals surface area contributed by atoms with Gasteiger partial charge in [0, 0.05) is 19.5 Å². The molecule has 2 atom stereocenters. The van der Waals surface area contributed by atoms with Crippen molar-refractivity contribution in [2.45, 2.75) is 44.7 Å². The highest BCUT2D eigenvalue weighted by atomic mass is 16.4. The number of hydrogen-bond donors (Lipinski definition) is 3. The van der Waals surface area contributed by atoms with E-state index >= 15 is 0 Å². The van der Waals surface area contributed by atoms with E-state index in [1.54, 1.807) is 7.05 Å². The Morgan fingerprint density at radius 3 is 2.42 bits per heavy atom. The van der Waals surface area contributed by atoms with Gasteiger partial charge in [0.1, 0.15) is 6.04 Å². The second-order valence-electron chi connectivity index (χ2n) is 5.03. The maximum absolute atomic E-state index is 11.9. The second kappa shape index (κ2) is 6.40. The van der Waals surface area contributed by atoms with Crippen molar-refractivity contribution in [1.29, 1.82) is 0 Å². The molecule has 0 spiro atoms. The summed E-state index contributed by atoms with van der Waals surface area (Å²) < 4.78 is 0. The van der Waals surface area contributed by atoms with Crippen LogP contribution >= 0.6 is 0 Å². The van der Waals surface area contributed by atoms with Crippen molar-refractivity contribution in [3.8, 4) is 0 Å². The first-order chi connectivity index (χ1) is 8.82. The molecule has 0 aromatic heterocycles. The van der Waals surface area contributed by atoms with Crippen molar-refractivity contribution in [2.24, 2.45) is 11.7 Å². The highest BCUT2D eigenvalue weighted by molar-refractivity contribution is 5.83. The van der Waals surface area contributed by atoms with Crippen LogP contribution in [0.1, 0.15) is 32.6 Å². The summed E-state index contributed by atoms with van der Waals surface area (Å²) in [6.07, 6.45) is 2.13. The Morgan fingerprint density at radius 1 is 1.42 bits per heavy atom. The normalized spacial score (nSPS) is 17.4. The van der Waals surface area contributed by atoms with Crippen molar-refractivity contribution in [3.05, 3.63) is 0 Å². The molecule has 1 aliphatic carbocycles. The van der Waals surface area contributed by atoms with Crippen LogP contribution in [0.2, 0.25) is 0 Å². The molecular weight excluding hydrogens is 250 g/mol. The number of nitrogens with one attached hydrogen (secondary N) is 1. The quantitative estimate of drug-likeness (QED) is 0.611. The Bertz CT molecular complexity index is 368. The van der Waals surface area contributed by atoms with E-state index in [4.69, 9.17) is 10.8 Å². The number of aliphatic carboxylic acids is 1. The minimum absolute atomic E-state index is 0.00204. The molecule has 7 heteroatoms. The van der Waals surface area contributed by atoms with Crippen LogP contribution in [0.5, 0.6) is 0 Å². The molecule has 0 heterocycles. The van der Waals surface area contributed by atoms with Crippen molar-refractivity contribution in [2.75, 3.05) is 7.05 Å². The number of nitrogens with zero attached hydrogens (tertiary/aromatic N) is 1. The number of carboxylic acid groups (broad SMARTS) is 1. The number of primary amides is 1. The minimum Gasteiger partial charge on any atom is -0.480 e. The summed E-state index contributed by atoms with van der Waals surface area (Å²) in [7, 11) is 1.64. The molecule has 0 aromatic carbocycles. The summed E-state index contributed by atoms with van der Waals surface area (Å²) in [5, 5.41) is 11.4. The second-order valence-corrected chi connectivity index (χ2v) is 5.03. The van der Waals surface area contributed by atoms with Crippen molar-refractivity contribution >= 4 is 17.9 Å². The fraction of sp³-hybridized carbons (Fsp3) is 0.750. The van der Waals surface area contributed by atoms with E-state index in [0.717, 1.165) is 12.8 Å². The summed E-state index contributed by atoms with van der Waals surface area (Å²) in [6, 6.07) is -1.43. The van der Waals surface area contributed by atoms with E-state index in [0.29, 0.717) is 5.92 Å². The summed E-state index contributed by atoms with van der Waals surface area (Å²) in [4.78, 5) is 35.1. The molecule has 4 N–H and O–H groups in total. The molecule has 1 rings (SSSR count). The number of amides is 3. The van der Waals surface area contributed by atoms with E-state index in [2.05, 4.69) is 5.32 Å². The molecule has 0 aliphatic heterocycles. The molecule has 7 nitrogen and oxygen atoms in total. The molecule has 3 amide bonds. The lowest BCUT2D eigenvalue weighted by Crippen LogP contribution is -2.49. The van der Waals surface area contributed by atoms with Crippen LogP contribution in [-0.2, 0) is 9.59 Å². The smallest absolute Gasteiger partial charge is 0.326 e. The Morgan fingerprint density at radius 2 is 2.00 bits per heavy atom. The summed E-state index contributed by atoms with van der Waals surface area (Å²) >= 11 is 0. The molecule has 108 valence electrons. The van der Waals surface area contributed by atoms with E-state index in [-0.39, 0.29) is 18.9 Å². The number of nitrogens with two attached hydrogens (primary N) is 1. The molecule has 1 aliphatic rings. The molecule has 2 unspecified atom stereocenters. The number of rotatable bonds is 7. The first-order valence-electron chi connectivity index (χ1n) is 6.37. The third-order valence-corrected chi connectivity index (χ3v) is 3.51. The number of carbonyl (C=O) groups is 3. The standard InChI is InChI=1S/C12H21N3O4/c1-7(8-3-4-8)15(2)12(19)14-9(11(17)18)5-6-10(13)16/h7-9H,3-6H2,1-2H3,(H2,13,16)(H,14,19)(H,17,18). The number of carboxylic acids is 1. The SMILES string of the molecule is CC(C1CC1)N(C)C(=O)NC(CCC(N)=O)C(=O)O. The van der Waals surface area contributed by atoms with Crippen molar-refractivity contribution in [3.63, 3.8) is 0 Å². The van der Waals surface area contributed by atoms with E-state index < -0.39 is 23.9 Å². The summed E-state index contributed by atoms with van der Waals surface area (Å²) in [5.41, 5.74) is 4.97. The van der Waals surface area contributed by atoms with Gasteiger partial charge < -0.3 is 21.1 Å². The zero-order chi connectivity index (χ0) is 14.6. The average molecular weight is 271 g/mol. The number of carbonyl (C=O) groups excluding carboxylic acids is 2. The molecule has 1 saturated carbocycles. The molecule has 0 aromatic rings. The van der Waals surface area contributed by atoms with Gasteiger partial charge in [0.2, 0.25) is 5.91 Å². The molecular formula is C12H21N3O4. The van der Waals surface area contributed by atoms with Crippen molar-refractivity contribution < 1.29 is 19.5 Å². The van der Waals surface area contributed by atoms with Crippen LogP contribution in [-0.4, -0.2) is 47.0 Å². The van der Waals surface area contributed by atoms with Crippen LogP contribution in [0.15, 0.2) is 0 Å². The molecule has 0 radical (unpaired) electrons. The Kier molecular flexibility index (Phi) is 5.14. The lowest BCUT2D eigenvalue weighted by atomic mass is 10.1. The summed E-state index contributed by atoms with van der Waals surface area (Å²) in [6.45, 7) is 1.94. The van der Waals surface area contributed by atoms with E-state index in [9.17, 15) is 14.4 Å². The van der Waals surface area contributed by atoms with Crippen LogP contribution in [0.4, 0.5) is 4.79 Å². The molecule has 19 heavy (non-hydrogen) atoms. The lowest BCUT2D eigenvalue weighted by molar-refractivity contribution is -0.139. The van der Waals surface area contributed by atoms with Crippen molar-refractivity contribution in [1.82, 2.24) is 10.2 Å². The van der Waals surface area contributed by atoms with Gasteiger partial charge in [-0.05, 0) is 32.1 Å². The van der Waals surface area contributed by atoms with Gasteiger partial charge in [-0.3, -0.25) is 4.79 Å². The maximum atomic E-state index is 11.9. The zero-order valence-electron chi connectivity index (χ0n) is 11.3. The highest BCUT2D eigenvalue weighted by Gasteiger charge is 2.33. The molecule has 0 saturated heterocycles. The van der Waals surface area contributed by atoms with Crippen LogP contribution < -0.4 is 11.1 Å². The van der Waals surface area contributed by atoms with Gasteiger partial charge in [0.05, 0.1) is 0 Å². The van der Waals surface area contributed by atoms with Gasteiger partial charge in [0.25, 0.3) is 0 Å². The lowest BCUT2D eigenvalue weighted by Gasteiger charge is -2.26. The fourth-order valence-corrected chi connectivity index (χ4v) is 1.87. The van der Waals surface area contributed by atoms with Gasteiger partial charge in [-0.15, -0.1) is 0 Å². The average Bonchev–Trinajstić information content (AvgIpc) is 3.15. The predicted octanol–water partition coefficient (Wildman–Crippen LogP) is 0.145. The third-order valence-electron chi connectivity index (χ3n) is 3.51. The maximum Gasteiger partial charge on any atom is 0.326 e. The van der Waals surface area contributed by atoms with Gasteiger partial charge in [0.15, 0.2) is 0 Å². The van der Waals surface area contributed by atoms with E-state index in [1.807, 2.05) is 6.92 Å².